The van der Waals surface area contributed by atoms with E-state index in [4.69, 9.17) is 4.74 Å². The van der Waals surface area contributed by atoms with Crippen LogP contribution in [-0.4, -0.2) is 91.9 Å². The number of fused-ring (bicyclic) bond motifs is 2. The number of aliphatic carboxylic acids is 4. The van der Waals surface area contributed by atoms with Gasteiger partial charge in [-0.25, -0.2) is 9.59 Å². The number of hydrogen-bond acceptors (Lipinski definition) is 8. The van der Waals surface area contributed by atoms with Crippen LogP contribution in [0.4, 0.5) is 0 Å². The Bertz CT molecular complexity index is 1360. The fraction of sp³-hybridized carbons (Fsp3) is 0.576. The lowest BCUT2D eigenvalue weighted by molar-refractivity contribution is -0.161. The van der Waals surface area contributed by atoms with Crippen LogP contribution in [0.1, 0.15) is 72.6 Å². The van der Waals surface area contributed by atoms with Gasteiger partial charge in [-0.1, -0.05) is 57.6 Å². The van der Waals surface area contributed by atoms with Gasteiger partial charge in [-0.3, -0.25) is 24.5 Å². The van der Waals surface area contributed by atoms with Crippen LogP contribution in [0.15, 0.2) is 47.6 Å². The number of carbonyl (C=O) groups excluding carboxylic acids is 2. The maximum Gasteiger partial charge on any atom is 0.331 e. The topological polar surface area (TPSA) is 208 Å². The van der Waals surface area contributed by atoms with Crippen molar-refractivity contribution in [1.29, 1.82) is 0 Å². The van der Waals surface area contributed by atoms with Crippen molar-refractivity contribution in [2.75, 3.05) is 6.54 Å². The third-order valence-electron chi connectivity index (χ3n) is 9.41. The molecule has 13 heteroatoms. The van der Waals surface area contributed by atoms with Crippen LogP contribution in [0.25, 0.3) is 0 Å². The number of rotatable bonds is 15. The van der Waals surface area contributed by atoms with Crippen molar-refractivity contribution in [2.45, 2.75) is 96.9 Å². The molecule has 13 nitrogen and oxygen atoms in total. The van der Waals surface area contributed by atoms with Gasteiger partial charge in [0, 0.05) is 42.4 Å². The zero-order chi connectivity index (χ0) is 34.4. The molecule has 0 saturated heterocycles. The molecule has 0 spiro atoms. The highest BCUT2D eigenvalue weighted by Crippen LogP contribution is 2.61. The summed E-state index contributed by atoms with van der Waals surface area (Å²) in [5, 5.41) is 41.6. The zero-order valence-corrected chi connectivity index (χ0v) is 26.6. The van der Waals surface area contributed by atoms with E-state index in [1.165, 1.54) is 12.2 Å². The molecule has 2 aliphatic carbocycles. The maximum atomic E-state index is 14.2. The van der Waals surface area contributed by atoms with Crippen molar-refractivity contribution in [1.82, 2.24) is 10.2 Å². The Kier molecular flexibility index (Phi) is 11.7. The number of carboxylic acid groups (broad SMARTS) is 4. The number of nitrogens with zero attached hydrogens (tertiary/aromatic N) is 1. The van der Waals surface area contributed by atoms with E-state index in [1.807, 2.05) is 33.8 Å². The molecular weight excluding hydrogens is 600 g/mol. The Morgan fingerprint density at radius 2 is 1.57 bits per heavy atom. The Morgan fingerprint density at radius 1 is 0.935 bits per heavy atom. The highest BCUT2D eigenvalue weighted by molar-refractivity contribution is 6.01. The van der Waals surface area contributed by atoms with Crippen LogP contribution < -0.4 is 5.32 Å². The fourth-order valence-corrected chi connectivity index (χ4v) is 7.61. The van der Waals surface area contributed by atoms with Crippen molar-refractivity contribution in [3.63, 3.8) is 0 Å². The quantitative estimate of drug-likeness (QED) is 0.0990. The third kappa shape index (κ3) is 7.93. The summed E-state index contributed by atoms with van der Waals surface area (Å²) in [6.45, 7) is 7.43. The molecule has 1 saturated carbocycles. The molecule has 1 aliphatic heterocycles. The predicted molar refractivity (Wildman–Crippen MR) is 164 cm³/mol. The van der Waals surface area contributed by atoms with Crippen LogP contribution >= 0.6 is 0 Å². The van der Waals surface area contributed by atoms with E-state index in [-0.39, 0.29) is 19.4 Å². The minimum absolute atomic E-state index is 0.258. The first-order valence-electron chi connectivity index (χ1n) is 15.4. The van der Waals surface area contributed by atoms with Crippen LogP contribution in [0.3, 0.4) is 0 Å². The van der Waals surface area contributed by atoms with Crippen LogP contribution in [0, 0.1) is 16.7 Å². The van der Waals surface area contributed by atoms with Gasteiger partial charge in [-0.2, -0.15) is 0 Å². The van der Waals surface area contributed by atoms with E-state index in [2.05, 4.69) is 5.32 Å². The second kappa shape index (κ2) is 14.9. The van der Waals surface area contributed by atoms with Crippen molar-refractivity contribution in [2.24, 2.45) is 16.7 Å². The molecule has 1 heterocycles. The van der Waals surface area contributed by atoms with Crippen molar-refractivity contribution in [3.05, 3.63) is 47.6 Å². The van der Waals surface area contributed by atoms with Crippen LogP contribution in [-0.2, 0) is 33.5 Å². The third-order valence-corrected chi connectivity index (χ3v) is 9.41. The van der Waals surface area contributed by atoms with Gasteiger partial charge in [0.2, 0.25) is 0 Å². The molecule has 3 aliphatic rings. The van der Waals surface area contributed by atoms with Gasteiger partial charge >= 0.3 is 29.8 Å². The predicted octanol–water partition coefficient (Wildman–Crippen LogP) is 3.17. The van der Waals surface area contributed by atoms with Gasteiger partial charge < -0.3 is 30.1 Å². The minimum Gasteiger partial charge on any atom is -0.481 e. The Balaban J connectivity index is 2.19. The molecule has 6 unspecified atom stereocenters. The Labute approximate surface area is 267 Å². The fourth-order valence-electron chi connectivity index (χ4n) is 7.61. The zero-order valence-electron chi connectivity index (χ0n) is 26.6. The molecule has 0 bridgehead atoms. The molecule has 0 radical (unpaired) electrons. The minimum atomic E-state index is -1.47. The van der Waals surface area contributed by atoms with Crippen molar-refractivity contribution in [3.8, 4) is 0 Å². The van der Waals surface area contributed by atoms with Crippen molar-refractivity contribution >= 4 is 35.8 Å². The highest BCUT2D eigenvalue weighted by Gasteiger charge is 2.63. The van der Waals surface area contributed by atoms with Gasteiger partial charge in [0.15, 0.2) is 0 Å². The number of hydrogen-bond donors (Lipinski definition) is 5. The maximum absolute atomic E-state index is 14.2. The summed E-state index contributed by atoms with van der Waals surface area (Å²) in [5.74, 6) is -6.97. The summed E-state index contributed by atoms with van der Waals surface area (Å²) in [6.07, 6.45) is 8.96. The van der Waals surface area contributed by atoms with E-state index in [0.29, 0.717) is 24.0 Å². The molecule has 1 amide bonds. The first-order valence-corrected chi connectivity index (χ1v) is 15.4. The molecule has 0 aromatic carbocycles. The number of esters is 1. The molecule has 3 rings (SSSR count). The van der Waals surface area contributed by atoms with E-state index in [0.717, 1.165) is 11.3 Å². The Morgan fingerprint density at radius 3 is 2.15 bits per heavy atom. The summed E-state index contributed by atoms with van der Waals surface area (Å²) < 4.78 is 6.15. The number of nitrogens with one attached hydrogen (secondary N) is 1. The smallest absolute Gasteiger partial charge is 0.331 e. The number of ether oxygens (including phenoxy) is 1. The number of carbonyl (C=O) groups is 6. The van der Waals surface area contributed by atoms with Gasteiger partial charge in [0.25, 0.3) is 5.91 Å². The molecule has 5 N–H and O–H groups in total. The molecule has 6 atom stereocenters. The standard InChI is InChI=1S/C33H44N2O11/c1-5-6-7-8-9-11-24(40)46-27-26(34-20(30(42)43)12-14-22(36)37)19-18-35(21(31(44)45)13-15-23(38)39)29(41)25(19)33(4)17-10-16-32(2,3)28(27)33/h5-9,11,20-21,26-28,34H,10,12-18H2,1-4H3,(H,36,37)(H,38,39)(H,42,43)(H,44,45)/b6-5+,8-7+,11-9+. The largest absolute Gasteiger partial charge is 0.481 e. The average molecular weight is 645 g/mol. The monoisotopic (exact) mass is 644 g/mol. The van der Waals surface area contributed by atoms with Crippen molar-refractivity contribution < 1.29 is 53.9 Å². The first kappa shape index (κ1) is 36.2. The second-order valence-electron chi connectivity index (χ2n) is 13.0. The van der Waals surface area contributed by atoms with E-state index in [9.17, 15) is 49.2 Å². The summed E-state index contributed by atoms with van der Waals surface area (Å²) in [6, 6.07) is -3.96. The Hall–Kier alpha value is -4.26. The van der Waals surface area contributed by atoms with Gasteiger partial charge in [-0.15, -0.1) is 0 Å². The molecule has 0 aromatic rings. The number of allylic oxidation sites excluding steroid dienone is 5. The lowest BCUT2D eigenvalue weighted by atomic mass is 9.48. The molecule has 252 valence electrons. The molecular formula is C33H44N2O11. The molecule has 46 heavy (non-hydrogen) atoms. The lowest BCUT2D eigenvalue weighted by Crippen LogP contribution is -2.63. The van der Waals surface area contributed by atoms with Gasteiger partial charge in [-0.05, 0) is 43.6 Å². The highest BCUT2D eigenvalue weighted by atomic mass is 16.5. The lowest BCUT2D eigenvalue weighted by Gasteiger charge is -2.58. The van der Waals surface area contributed by atoms with Crippen LogP contribution in [0.5, 0.6) is 0 Å². The average Bonchev–Trinajstić information content (AvgIpc) is 3.28. The number of amides is 1. The second-order valence-corrected chi connectivity index (χ2v) is 13.0. The summed E-state index contributed by atoms with van der Waals surface area (Å²) in [7, 11) is 0. The summed E-state index contributed by atoms with van der Waals surface area (Å²) in [4.78, 5) is 76.0. The normalized spacial score (nSPS) is 27.1. The molecule has 0 aromatic heterocycles. The van der Waals surface area contributed by atoms with Gasteiger partial charge in [0.1, 0.15) is 18.2 Å². The van der Waals surface area contributed by atoms with E-state index in [1.54, 1.807) is 18.2 Å². The van der Waals surface area contributed by atoms with E-state index < -0.39 is 89.6 Å². The van der Waals surface area contributed by atoms with E-state index >= 15 is 0 Å². The SMILES string of the molecule is C/C=C/C=C/C=C/C(=O)OC1C(NC(CCC(=O)O)C(=O)O)C2=C(C(=O)N(C(CCC(=O)O)C(=O)O)C2)C2(C)CCCC(C)(C)C12. The first-order chi connectivity index (χ1) is 21.5. The van der Waals surface area contributed by atoms with Gasteiger partial charge in [0.05, 0.1) is 6.04 Å². The number of carboxylic acids is 4. The molecule has 1 fully saturated rings. The summed E-state index contributed by atoms with van der Waals surface area (Å²) >= 11 is 0. The summed E-state index contributed by atoms with van der Waals surface area (Å²) in [5.41, 5.74) is -0.769. The van der Waals surface area contributed by atoms with Crippen LogP contribution in [0.2, 0.25) is 0 Å².